The number of aromatic nitrogens is 3. The van der Waals surface area contributed by atoms with Crippen molar-refractivity contribution in [3.05, 3.63) is 46.1 Å². The Morgan fingerprint density at radius 2 is 1.97 bits per heavy atom. The van der Waals surface area contributed by atoms with Crippen molar-refractivity contribution in [3.63, 3.8) is 0 Å². The van der Waals surface area contributed by atoms with Crippen LogP contribution < -0.4 is 20.3 Å². The van der Waals surface area contributed by atoms with Crippen LogP contribution in [0.15, 0.2) is 33.8 Å². The van der Waals surface area contributed by atoms with Crippen molar-refractivity contribution in [1.82, 2.24) is 20.0 Å². The third-order valence-electron chi connectivity index (χ3n) is 4.43. The maximum Gasteiger partial charge on any atom is 0.361 e. The molecule has 1 aromatic carbocycles. The Bertz CT molecular complexity index is 1150. The molecule has 0 fully saturated rings. The number of nitrogens with one attached hydrogen (secondary N) is 1. The lowest BCUT2D eigenvalue weighted by atomic mass is 10.1. The van der Waals surface area contributed by atoms with Crippen molar-refractivity contribution >= 4 is 23.0 Å². The van der Waals surface area contributed by atoms with Crippen molar-refractivity contribution in [2.45, 2.75) is 19.9 Å². The van der Waals surface area contributed by atoms with Crippen LogP contribution >= 0.6 is 0 Å². The number of hydrogen-bond donors (Lipinski definition) is 1. The van der Waals surface area contributed by atoms with Crippen molar-refractivity contribution in [2.24, 2.45) is 0 Å². The Morgan fingerprint density at radius 1 is 1.19 bits per heavy atom. The predicted molar refractivity (Wildman–Crippen MR) is 108 cm³/mol. The molecule has 164 valence electrons. The highest BCUT2D eigenvalue weighted by atomic mass is 16.5. The lowest BCUT2D eigenvalue weighted by Crippen LogP contribution is -2.33. The molecular formula is C20H22N4O7. The Kier molecular flexibility index (Phi) is 6.85. The summed E-state index contributed by atoms with van der Waals surface area (Å²) in [6, 6.07) is 5.49. The number of carbonyl (C=O) groups is 2. The second-order valence-corrected chi connectivity index (χ2v) is 6.40. The SMILES string of the molecule is CCOC(=O)c1noc2ncn(CC(=O)NCCc3ccc(OC)c(OC)c3)c(=O)c12. The minimum absolute atomic E-state index is 0.0989. The lowest BCUT2D eigenvalue weighted by Gasteiger charge is -2.10. The van der Waals surface area contributed by atoms with Gasteiger partial charge in [-0.25, -0.2) is 9.78 Å². The molecule has 2 heterocycles. The molecule has 0 aliphatic heterocycles. The van der Waals surface area contributed by atoms with Gasteiger partial charge in [0, 0.05) is 6.54 Å². The van der Waals surface area contributed by atoms with E-state index in [2.05, 4.69) is 15.5 Å². The second kappa shape index (κ2) is 9.74. The summed E-state index contributed by atoms with van der Waals surface area (Å²) in [5, 5.41) is 6.18. The second-order valence-electron chi connectivity index (χ2n) is 6.40. The summed E-state index contributed by atoms with van der Waals surface area (Å²) in [5.41, 5.74) is -0.0400. The van der Waals surface area contributed by atoms with Crippen LogP contribution in [0.5, 0.6) is 11.5 Å². The number of carbonyl (C=O) groups excluding carboxylic acids is 2. The van der Waals surface area contributed by atoms with Gasteiger partial charge in [-0.15, -0.1) is 0 Å². The average molecular weight is 430 g/mol. The average Bonchev–Trinajstić information content (AvgIpc) is 3.21. The molecule has 0 aliphatic rings. The van der Waals surface area contributed by atoms with Crippen molar-refractivity contribution in [3.8, 4) is 11.5 Å². The van der Waals surface area contributed by atoms with Crippen LogP contribution in [0.4, 0.5) is 0 Å². The highest BCUT2D eigenvalue weighted by molar-refractivity contribution is 5.99. The summed E-state index contributed by atoms with van der Waals surface area (Å²) in [7, 11) is 3.11. The van der Waals surface area contributed by atoms with Crippen LogP contribution in [0.25, 0.3) is 11.1 Å². The van der Waals surface area contributed by atoms with Gasteiger partial charge in [0.15, 0.2) is 11.5 Å². The molecule has 0 bridgehead atoms. The van der Waals surface area contributed by atoms with Gasteiger partial charge in [0.1, 0.15) is 18.3 Å². The fourth-order valence-corrected chi connectivity index (χ4v) is 2.92. The molecular weight excluding hydrogens is 408 g/mol. The zero-order valence-electron chi connectivity index (χ0n) is 17.3. The minimum Gasteiger partial charge on any atom is -0.493 e. The van der Waals surface area contributed by atoms with Crippen molar-refractivity contribution < 1.29 is 28.3 Å². The molecule has 11 heteroatoms. The van der Waals surface area contributed by atoms with Gasteiger partial charge in [-0.2, -0.15) is 0 Å². The molecule has 0 saturated heterocycles. The molecule has 1 N–H and O–H groups in total. The monoisotopic (exact) mass is 430 g/mol. The summed E-state index contributed by atoms with van der Waals surface area (Å²) < 4.78 is 21.3. The van der Waals surface area contributed by atoms with E-state index in [-0.39, 0.29) is 29.9 Å². The van der Waals surface area contributed by atoms with E-state index < -0.39 is 17.4 Å². The first kappa shape index (κ1) is 21.8. The molecule has 0 saturated carbocycles. The number of methoxy groups -OCH3 is 2. The van der Waals surface area contributed by atoms with Crippen molar-refractivity contribution in [2.75, 3.05) is 27.4 Å². The summed E-state index contributed by atoms with van der Waals surface area (Å²) >= 11 is 0. The van der Waals surface area contributed by atoms with Crippen LogP contribution in [0.1, 0.15) is 23.0 Å². The van der Waals surface area contributed by atoms with Crippen molar-refractivity contribution in [1.29, 1.82) is 0 Å². The van der Waals surface area contributed by atoms with Gasteiger partial charge < -0.3 is 24.1 Å². The Labute approximate surface area is 176 Å². The van der Waals surface area contributed by atoms with E-state index in [1.165, 1.54) is 6.33 Å². The molecule has 0 spiro atoms. The maximum absolute atomic E-state index is 12.7. The Hall–Kier alpha value is -3.89. The molecule has 0 aliphatic carbocycles. The molecule has 0 unspecified atom stereocenters. The maximum atomic E-state index is 12.7. The van der Waals surface area contributed by atoms with Crippen LogP contribution in [-0.2, 0) is 22.5 Å². The fourth-order valence-electron chi connectivity index (χ4n) is 2.92. The zero-order valence-corrected chi connectivity index (χ0v) is 17.3. The molecule has 1 amide bonds. The van der Waals surface area contributed by atoms with Gasteiger partial charge in [-0.05, 0) is 31.0 Å². The largest absolute Gasteiger partial charge is 0.493 e. The highest BCUT2D eigenvalue weighted by Gasteiger charge is 2.22. The molecule has 31 heavy (non-hydrogen) atoms. The van der Waals surface area contributed by atoms with Crippen LogP contribution in [-0.4, -0.2) is 54.0 Å². The standard InChI is InChI=1S/C20H22N4O7/c1-4-30-20(27)17-16-18(31-23-17)22-11-24(19(16)26)10-15(25)21-8-7-12-5-6-13(28-2)14(9-12)29-3/h5-6,9,11H,4,7-8,10H2,1-3H3,(H,21,25). The van der Waals surface area contributed by atoms with Gasteiger partial charge in [0.25, 0.3) is 11.3 Å². The topological polar surface area (TPSA) is 135 Å². The van der Waals surface area contributed by atoms with Crippen LogP contribution in [0, 0.1) is 0 Å². The first-order valence-electron chi connectivity index (χ1n) is 9.48. The van der Waals surface area contributed by atoms with E-state index in [1.807, 2.05) is 12.1 Å². The van der Waals surface area contributed by atoms with Gasteiger partial charge in [0.2, 0.25) is 11.6 Å². The summed E-state index contributed by atoms with van der Waals surface area (Å²) in [6.45, 7) is 1.81. The van der Waals surface area contributed by atoms with Gasteiger partial charge in [0.05, 0.1) is 20.8 Å². The normalized spacial score (nSPS) is 10.7. The zero-order chi connectivity index (χ0) is 22.4. The summed E-state index contributed by atoms with van der Waals surface area (Å²) in [5.74, 6) is 0.0343. The molecule has 2 aromatic heterocycles. The van der Waals surface area contributed by atoms with E-state index in [0.29, 0.717) is 24.5 Å². The van der Waals surface area contributed by atoms with E-state index in [4.69, 9.17) is 18.7 Å². The van der Waals surface area contributed by atoms with E-state index >= 15 is 0 Å². The number of nitrogens with zero attached hydrogens (tertiary/aromatic N) is 3. The Balaban J connectivity index is 1.65. The summed E-state index contributed by atoms with van der Waals surface area (Å²) in [4.78, 5) is 40.9. The third kappa shape index (κ3) is 4.82. The van der Waals surface area contributed by atoms with Gasteiger partial charge in [-0.3, -0.25) is 14.2 Å². The smallest absolute Gasteiger partial charge is 0.361 e. The summed E-state index contributed by atoms with van der Waals surface area (Å²) in [6.07, 6.45) is 1.72. The molecule has 0 atom stereocenters. The first-order valence-corrected chi connectivity index (χ1v) is 9.48. The highest BCUT2D eigenvalue weighted by Crippen LogP contribution is 2.27. The number of benzene rings is 1. The number of esters is 1. The first-order chi connectivity index (χ1) is 15.0. The number of fused-ring (bicyclic) bond motifs is 1. The molecule has 0 radical (unpaired) electrons. The Morgan fingerprint density at radius 3 is 2.68 bits per heavy atom. The molecule has 3 rings (SSSR count). The number of amides is 1. The lowest BCUT2D eigenvalue weighted by molar-refractivity contribution is -0.121. The van der Waals surface area contributed by atoms with Gasteiger partial charge >= 0.3 is 5.97 Å². The fraction of sp³-hybridized carbons (Fsp3) is 0.350. The van der Waals surface area contributed by atoms with Crippen LogP contribution in [0.3, 0.4) is 0 Å². The quantitative estimate of drug-likeness (QED) is 0.492. The number of rotatable bonds is 9. The molecule has 11 nitrogen and oxygen atoms in total. The molecule has 3 aromatic rings. The minimum atomic E-state index is -0.794. The van der Waals surface area contributed by atoms with E-state index in [1.54, 1.807) is 27.2 Å². The number of ether oxygens (including phenoxy) is 3. The number of hydrogen-bond acceptors (Lipinski definition) is 9. The third-order valence-corrected chi connectivity index (χ3v) is 4.43. The van der Waals surface area contributed by atoms with Gasteiger partial charge in [-0.1, -0.05) is 11.2 Å². The predicted octanol–water partition coefficient (Wildman–Crippen LogP) is 0.937. The van der Waals surface area contributed by atoms with E-state index in [0.717, 1.165) is 10.1 Å². The van der Waals surface area contributed by atoms with Crippen LogP contribution in [0.2, 0.25) is 0 Å². The van der Waals surface area contributed by atoms with E-state index in [9.17, 15) is 14.4 Å².